The molecule has 0 aromatic carbocycles. The first kappa shape index (κ1) is 10.0. The highest BCUT2D eigenvalue weighted by Crippen LogP contribution is 2.33. The molecule has 0 saturated heterocycles. The van der Waals surface area contributed by atoms with E-state index in [9.17, 15) is 9.59 Å². The molecule has 0 radical (unpaired) electrons. The second-order valence-corrected chi connectivity index (χ2v) is 3.77. The van der Waals surface area contributed by atoms with E-state index < -0.39 is 11.9 Å². The van der Waals surface area contributed by atoms with E-state index in [1.165, 1.54) is 0 Å². The fourth-order valence-corrected chi connectivity index (χ4v) is 1.99. The molecule has 0 spiro atoms. The van der Waals surface area contributed by atoms with Gasteiger partial charge in [-0.25, -0.2) is 0 Å². The van der Waals surface area contributed by atoms with Crippen LogP contribution in [0.15, 0.2) is 0 Å². The Labute approximate surface area is 76.6 Å². The van der Waals surface area contributed by atoms with Crippen LogP contribution < -0.4 is 0 Å². The van der Waals surface area contributed by atoms with Crippen molar-refractivity contribution < 1.29 is 19.8 Å². The zero-order chi connectivity index (χ0) is 10.0. The molecular formula is C9H14O4. The van der Waals surface area contributed by atoms with Gasteiger partial charge >= 0.3 is 11.9 Å². The molecule has 1 rings (SSSR count). The lowest BCUT2D eigenvalue weighted by Gasteiger charge is -2.29. The Hall–Kier alpha value is -1.06. The van der Waals surface area contributed by atoms with Gasteiger partial charge in [-0.05, 0) is 25.2 Å². The third-order valence-electron chi connectivity index (χ3n) is 2.84. The van der Waals surface area contributed by atoms with Crippen molar-refractivity contribution in [1.82, 2.24) is 0 Å². The first-order valence-corrected chi connectivity index (χ1v) is 4.48. The van der Waals surface area contributed by atoms with Crippen LogP contribution in [-0.4, -0.2) is 22.2 Å². The minimum atomic E-state index is -0.796. The van der Waals surface area contributed by atoms with Crippen LogP contribution in [0.5, 0.6) is 0 Å². The van der Waals surface area contributed by atoms with Crippen molar-refractivity contribution in [3.05, 3.63) is 0 Å². The second-order valence-electron chi connectivity index (χ2n) is 3.77. The molecule has 0 aliphatic heterocycles. The monoisotopic (exact) mass is 186 g/mol. The maximum Gasteiger partial charge on any atom is 0.306 e. The van der Waals surface area contributed by atoms with Gasteiger partial charge in [-0.3, -0.25) is 9.59 Å². The first-order valence-electron chi connectivity index (χ1n) is 4.48. The standard InChI is InChI=1S/C9H14O4/c1-5-4-6(8(10)11)2-3-7(5)9(12)13/h5-7H,2-4H2,1H3,(H,10,11)(H,12,13)/t5?,6?,7-/m0/s1. The Balaban J connectivity index is 2.56. The fourth-order valence-electron chi connectivity index (χ4n) is 1.99. The first-order chi connectivity index (χ1) is 6.02. The van der Waals surface area contributed by atoms with Crippen LogP contribution >= 0.6 is 0 Å². The normalized spacial score (nSPS) is 34.1. The van der Waals surface area contributed by atoms with Gasteiger partial charge in [-0.2, -0.15) is 0 Å². The molecule has 0 amide bonds. The molecule has 2 N–H and O–H groups in total. The summed E-state index contributed by atoms with van der Waals surface area (Å²) in [5.41, 5.74) is 0. The summed E-state index contributed by atoms with van der Waals surface area (Å²) in [5, 5.41) is 17.5. The molecule has 0 aromatic rings. The summed E-state index contributed by atoms with van der Waals surface area (Å²) in [6.45, 7) is 1.81. The van der Waals surface area contributed by atoms with Gasteiger partial charge in [0.05, 0.1) is 11.8 Å². The average molecular weight is 186 g/mol. The van der Waals surface area contributed by atoms with Crippen molar-refractivity contribution in [2.24, 2.45) is 17.8 Å². The Kier molecular flexibility index (Phi) is 2.90. The van der Waals surface area contributed by atoms with Crippen LogP contribution in [0.3, 0.4) is 0 Å². The lowest BCUT2D eigenvalue weighted by Crippen LogP contribution is -2.31. The summed E-state index contributed by atoms with van der Waals surface area (Å²) in [5.74, 6) is -2.31. The number of carboxylic acids is 2. The van der Waals surface area contributed by atoms with Crippen molar-refractivity contribution in [2.75, 3.05) is 0 Å². The van der Waals surface area contributed by atoms with E-state index in [0.29, 0.717) is 19.3 Å². The zero-order valence-corrected chi connectivity index (χ0v) is 7.56. The van der Waals surface area contributed by atoms with Crippen LogP contribution in [0.1, 0.15) is 26.2 Å². The minimum absolute atomic E-state index is 0.0210. The van der Waals surface area contributed by atoms with Crippen LogP contribution in [0.4, 0.5) is 0 Å². The van der Waals surface area contributed by atoms with Crippen molar-refractivity contribution >= 4 is 11.9 Å². The Morgan fingerprint density at radius 1 is 1.15 bits per heavy atom. The van der Waals surface area contributed by atoms with Gasteiger partial charge in [0.25, 0.3) is 0 Å². The van der Waals surface area contributed by atoms with Gasteiger partial charge in [-0.15, -0.1) is 0 Å². The van der Waals surface area contributed by atoms with Gasteiger partial charge in [0.15, 0.2) is 0 Å². The van der Waals surface area contributed by atoms with Crippen LogP contribution in [0.25, 0.3) is 0 Å². The van der Waals surface area contributed by atoms with Crippen LogP contribution in [0, 0.1) is 17.8 Å². The summed E-state index contributed by atoms with van der Waals surface area (Å²) in [6.07, 6.45) is 1.48. The van der Waals surface area contributed by atoms with E-state index in [1.54, 1.807) is 0 Å². The van der Waals surface area contributed by atoms with Gasteiger partial charge < -0.3 is 10.2 Å². The Bertz CT molecular complexity index is 224. The smallest absolute Gasteiger partial charge is 0.306 e. The average Bonchev–Trinajstić information content (AvgIpc) is 2.03. The van der Waals surface area contributed by atoms with Crippen molar-refractivity contribution in [2.45, 2.75) is 26.2 Å². The summed E-state index contributed by atoms with van der Waals surface area (Å²) < 4.78 is 0. The molecule has 1 saturated carbocycles. The van der Waals surface area contributed by atoms with Crippen molar-refractivity contribution in [3.8, 4) is 0 Å². The molecule has 74 valence electrons. The molecule has 4 heteroatoms. The number of hydrogen-bond acceptors (Lipinski definition) is 2. The van der Waals surface area contributed by atoms with Gasteiger partial charge in [0, 0.05) is 0 Å². The number of hydrogen-bond donors (Lipinski definition) is 2. The summed E-state index contributed by atoms with van der Waals surface area (Å²) in [7, 11) is 0. The number of carboxylic acid groups (broad SMARTS) is 2. The molecule has 0 bridgehead atoms. The third-order valence-corrected chi connectivity index (χ3v) is 2.84. The largest absolute Gasteiger partial charge is 0.481 e. The van der Waals surface area contributed by atoms with Crippen LogP contribution in [-0.2, 0) is 9.59 Å². The van der Waals surface area contributed by atoms with Crippen molar-refractivity contribution in [3.63, 3.8) is 0 Å². The highest BCUT2D eigenvalue weighted by atomic mass is 16.4. The Morgan fingerprint density at radius 2 is 1.77 bits per heavy atom. The number of rotatable bonds is 2. The van der Waals surface area contributed by atoms with Gasteiger partial charge in [-0.1, -0.05) is 6.92 Å². The highest BCUT2D eigenvalue weighted by Gasteiger charge is 2.34. The second kappa shape index (κ2) is 3.77. The van der Waals surface area contributed by atoms with E-state index in [0.717, 1.165) is 0 Å². The zero-order valence-electron chi connectivity index (χ0n) is 7.56. The highest BCUT2D eigenvalue weighted by molar-refractivity contribution is 5.73. The van der Waals surface area contributed by atoms with E-state index in [1.807, 2.05) is 6.92 Å². The van der Waals surface area contributed by atoms with Gasteiger partial charge in [0.2, 0.25) is 0 Å². The summed E-state index contributed by atoms with van der Waals surface area (Å²) >= 11 is 0. The number of carbonyl (C=O) groups is 2. The molecule has 1 aliphatic rings. The van der Waals surface area contributed by atoms with E-state index >= 15 is 0 Å². The molecule has 2 unspecified atom stereocenters. The van der Waals surface area contributed by atoms with Crippen LogP contribution in [0.2, 0.25) is 0 Å². The molecule has 0 aromatic heterocycles. The van der Waals surface area contributed by atoms with E-state index in [2.05, 4.69) is 0 Å². The molecule has 0 heterocycles. The summed E-state index contributed by atoms with van der Waals surface area (Å²) in [4.78, 5) is 21.3. The quantitative estimate of drug-likeness (QED) is 0.679. The Morgan fingerprint density at radius 3 is 2.15 bits per heavy atom. The maximum absolute atomic E-state index is 10.7. The minimum Gasteiger partial charge on any atom is -0.481 e. The molecular weight excluding hydrogens is 172 g/mol. The van der Waals surface area contributed by atoms with E-state index in [-0.39, 0.29) is 17.8 Å². The molecule has 1 aliphatic carbocycles. The summed E-state index contributed by atoms with van der Waals surface area (Å²) in [6, 6.07) is 0. The van der Waals surface area contributed by atoms with E-state index in [4.69, 9.17) is 10.2 Å². The molecule has 4 nitrogen and oxygen atoms in total. The maximum atomic E-state index is 10.7. The molecule has 13 heavy (non-hydrogen) atoms. The predicted molar refractivity (Wildman–Crippen MR) is 45.3 cm³/mol. The van der Waals surface area contributed by atoms with Gasteiger partial charge in [0.1, 0.15) is 0 Å². The predicted octanol–water partition coefficient (Wildman–Crippen LogP) is 1.21. The molecule has 1 fully saturated rings. The SMILES string of the molecule is CC1CC(C(=O)O)CC[C@@H]1C(=O)O. The third kappa shape index (κ3) is 2.20. The topological polar surface area (TPSA) is 74.6 Å². The molecule has 3 atom stereocenters. The lowest BCUT2D eigenvalue weighted by molar-refractivity contribution is -0.150. The fraction of sp³-hybridized carbons (Fsp3) is 0.778. The number of aliphatic carboxylic acids is 2. The lowest BCUT2D eigenvalue weighted by atomic mass is 9.75. The van der Waals surface area contributed by atoms with Crippen molar-refractivity contribution in [1.29, 1.82) is 0 Å².